The molecule has 0 atom stereocenters. The molecular weight excluding hydrogens is 248 g/mol. The van der Waals surface area contributed by atoms with Gasteiger partial charge in [0.25, 0.3) is 0 Å². The van der Waals surface area contributed by atoms with Gasteiger partial charge < -0.3 is 5.43 Å². The molecular formula is C14H15F2N3. The Morgan fingerprint density at radius 3 is 2.58 bits per heavy atom. The molecule has 1 aromatic heterocycles. The number of halogens is 2. The molecule has 0 radical (unpaired) electrons. The van der Waals surface area contributed by atoms with Crippen molar-refractivity contribution in [2.24, 2.45) is 5.84 Å². The molecule has 0 spiro atoms. The van der Waals surface area contributed by atoms with Gasteiger partial charge in [0.2, 0.25) is 0 Å². The van der Waals surface area contributed by atoms with Crippen molar-refractivity contribution in [2.45, 2.75) is 31.6 Å². The molecule has 1 saturated carbocycles. The molecule has 3 rings (SSSR count). The van der Waals surface area contributed by atoms with E-state index in [0.29, 0.717) is 17.0 Å². The summed E-state index contributed by atoms with van der Waals surface area (Å²) in [4.78, 5) is 4.37. The standard InChI is InChI=1S/C14H15F2N3/c15-9-5-10-13(19-17)7-12(8-3-1-2-4-8)18-14(10)11(16)6-9/h5-8H,1-4,17H2,(H,18,19). The number of benzene rings is 1. The van der Waals surface area contributed by atoms with Crippen molar-refractivity contribution in [1.29, 1.82) is 0 Å². The van der Waals surface area contributed by atoms with Crippen molar-refractivity contribution in [3.8, 4) is 0 Å². The molecule has 1 aliphatic carbocycles. The van der Waals surface area contributed by atoms with Crippen molar-refractivity contribution < 1.29 is 8.78 Å². The predicted molar refractivity (Wildman–Crippen MR) is 70.7 cm³/mol. The Kier molecular flexibility index (Phi) is 3.06. The summed E-state index contributed by atoms with van der Waals surface area (Å²) in [5.74, 6) is 4.53. The van der Waals surface area contributed by atoms with Gasteiger partial charge >= 0.3 is 0 Å². The number of nitrogens with one attached hydrogen (secondary N) is 1. The van der Waals surface area contributed by atoms with Crippen molar-refractivity contribution in [1.82, 2.24) is 4.98 Å². The second-order valence-electron chi connectivity index (χ2n) is 5.00. The lowest BCUT2D eigenvalue weighted by molar-refractivity contribution is 0.589. The maximum atomic E-state index is 13.9. The Labute approximate surface area is 109 Å². The molecule has 3 N–H and O–H groups in total. The summed E-state index contributed by atoms with van der Waals surface area (Å²) in [6.07, 6.45) is 4.46. The third-order valence-corrected chi connectivity index (χ3v) is 3.78. The van der Waals surface area contributed by atoms with Crippen LogP contribution in [0.2, 0.25) is 0 Å². The summed E-state index contributed by atoms with van der Waals surface area (Å²) < 4.78 is 27.1. The lowest BCUT2D eigenvalue weighted by Gasteiger charge is -2.13. The number of anilines is 1. The molecule has 0 amide bonds. The normalized spacial score (nSPS) is 16.2. The second kappa shape index (κ2) is 4.74. The minimum Gasteiger partial charge on any atom is -0.323 e. The first-order valence-electron chi connectivity index (χ1n) is 6.45. The van der Waals surface area contributed by atoms with Gasteiger partial charge in [0.1, 0.15) is 11.3 Å². The second-order valence-corrected chi connectivity index (χ2v) is 5.00. The number of rotatable bonds is 2. The van der Waals surface area contributed by atoms with Crippen molar-refractivity contribution in [3.05, 3.63) is 35.5 Å². The maximum Gasteiger partial charge on any atom is 0.152 e. The van der Waals surface area contributed by atoms with Crippen LogP contribution in [-0.2, 0) is 0 Å². The monoisotopic (exact) mass is 263 g/mol. The first-order chi connectivity index (χ1) is 9.19. The van der Waals surface area contributed by atoms with Gasteiger partial charge in [-0.1, -0.05) is 12.8 Å². The van der Waals surface area contributed by atoms with Gasteiger partial charge in [0.05, 0.1) is 5.69 Å². The van der Waals surface area contributed by atoms with Gasteiger partial charge in [-0.05, 0) is 25.0 Å². The number of nitrogens with zero attached hydrogens (tertiary/aromatic N) is 1. The molecule has 3 nitrogen and oxygen atoms in total. The average molecular weight is 263 g/mol. The third kappa shape index (κ3) is 2.14. The maximum absolute atomic E-state index is 13.9. The van der Waals surface area contributed by atoms with E-state index in [1.165, 1.54) is 18.9 Å². The highest BCUT2D eigenvalue weighted by Gasteiger charge is 2.21. The number of nitrogens with two attached hydrogens (primary N) is 1. The lowest BCUT2D eigenvalue weighted by Crippen LogP contribution is -2.10. The molecule has 5 heteroatoms. The number of hydrogen-bond donors (Lipinski definition) is 2. The third-order valence-electron chi connectivity index (χ3n) is 3.78. The van der Waals surface area contributed by atoms with Gasteiger partial charge in [-0.2, -0.15) is 0 Å². The summed E-state index contributed by atoms with van der Waals surface area (Å²) in [5.41, 5.74) is 4.05. The Morgan fingerprint density at radius 2 is 1.89 bits per heavy atom. The van der Waals surface area contributed by atoms with Crippen molar-refractivity contribution >= 4 is 16.6 Å². The van der Waals surface area contributed by atoms with Crippen LogP contribution in [-0.4, -0.2) is 4.98 Å². The molecule has 1 aliphatic rings. The Bertz CT molecular complexity index is 622. The van der Waals surface area contributed by atoms with Crippen LogP contribution < -0.4 is 11.3 Å². The van der Waals surface area contributed by atoms with Crippen LogP contribution in [0.25, 0.3) is 10.9 Å². The van der Waals surface area contributed by atoms with Crippen LogP contribution in [0.3, 0.4) is 0 Å². The van der Waals surface area contributed by atoms with Gasteiger partial charge in [-0.3, -0.25) is 5.84 Å². The SMILES string of the molecule is NNc1cc(C2CCCC2)nc2c(F)cc(F)cc12. The van der Waals surface area contributed by atoms with E-state index in [2.05, 4.69) is 10.4 Å². The first-order valence-corrected chi connectivity index (χ1v) is 6.45. The number of hydrazine groups is 1. The summed E-state index contributed by atoms with van der Waals surface area (Å²) in [5, 5.41) is 0.377. The number of pyridine rings is 1. The molecule has 0 saturated heterocycles. The minimum atomic E-state index is -0.647. The molecule has 1 fully saturated rings. The van der Waals surface area contributed by atoms with Gasteiger partial charge in [0.15, 0.2) is 5.82 Å². The number of hydrogen-bond acceptors (Lipinski definition) is 3. The van der Waals surface area contributed by atoms with E-state index in [4.69, 9.17) is 5.84 Å². The predicted octanol–water partition coefficient (Wildman–Crippen LogP) is 3.46. The quantitative estimate of drug-likeness (QED) is 0.644. The Hall–Kier alpha value is -1.75. The largest absolute Gasteiger partial charge is 0.323 e. The van der Waals surface area contributed by atoms with Crippen LogP contribution in [0, 0.1) is 11.6 Å². The fourth-order valence-electron chi connectivity index (χ4n) is 2.82. The molecule has 1 aromatic carbocycles. The molecule has 1 heterocycles. The Morgan fingerprint density at radius 1 is 1.16 bits per heavy atom. The fraction of sp³-hybridized carbons (Fsp3) is 0.357. The zero-order valence-electron chi connectivity index (χ0n) is 10.4. The zero-order valence-corrected chi connectivity index (χ0v) is 10.4. The summed E-state index contributed by atoms with van der Waals surface area (Å²) >= 11 is 0. The van der Waals surface area contributed by atoms with Crippen LogP contribution in [0.1, 0.15) is 37.3 Å². The summed E-state index contributed by atoms with van der Waals surface area (Å²) in [6.45, 7) is 0. The number of nitrogen functional groups attached to an aromatic ring is 1. The minimum absolute atomic E-state index is 0.179. The molecule has 0 bridgehead atoms. The van der Waals surface area contributed by atoms with Crippen molar-refractivity contribution in [3.63, 3.8) is 0 Å². The molecule has 2 aromatic rings. The highest BCUT2D eigenvalue weighted by molar-refractivity contribution is 5.91. The topological polar surface area (TPSA) is 50.9 Å². The summed E-state index contributed by atoms with van der Waals surface area (Å²) in [7, 11) is 0. The van der Waals surface area contributed by atoms with E-state index >= 15 is 0 Å². The van der Waals surface area contributed by atoms with Crippen LogP contribution in [0.4, 0.5) is 14.5 Å². The van der Waals surface area contributed by atoms with E-state index in [0.717, 1.165) is 24.6 Å². The van der Waals surface area contributed by atoms with E-state index in [1.807, 2.05) is 0 Å². The molecule has 100 valence electrons. The number of aromatic nitrogens is 1. The molecule has 19 heavy (non-hydrogen) atoms. The average Bonchev–Trinajstić information content (AvgIpc) is 2.91. The van der Waals surface area contributed by atoms with Crippen molar-refractivity contribution in [2.75, 3.05) is 5.43 Å². The zero-order chi connectivity index (χ0) is 13.4. The molecule has 0 aliphatic heterocycles. The van der Waals surface area contributed by atoms with Gasteiger partial charge in [0, 0.05) is 23.1 Å². The van der Waals surface area contributed by atoms with Gasteiger partial charge in [-0.25, -0.2) is 13.8 Å². The summed E-state index contributed by atoms with van der Waals surface area (Å²) in [6, 6.07) is 3.91. The van der Waals surface area contributed by atoms with Crippen LogP contribution in [0.15, 0.2) is 18.2 Å². The number of fused-ring (bicyclic) bond motifs is 1. The fourth-order valence-corrected chi connectivity index (χ4v) is 2.82. The lowest BCUT2D eigenvalue weighted by atomic mass is 10.0. The smallest absolute Gasteiger partial charge is 0.152 e. The van der Waals surface area contributed by atoms with E-state index in [1.54, 1.807) is 6.07 Å². The highest BCUT2D eigenvalue weighted by Crippen LogP contribution is 2.36. The highest BCUT2D eigenvalue weighted by atomic mass is 19.1. The molecule has 0 unspecified atom stereocenters. The van der Waals surface area contributed by atoms with E-state index < -0.39 is 11.6 Å². The van der Waals surface area contributed by atoms with Gasteiger partial charge in [-0.15, -0.1) is 0 Å². The Balaban J connectivity index is 2.21. The van der Waals surface area contributed by atoms with E-state index in [-0.39, 0.29) is 5.52 Å². The first kappa shape index (κ1) is 12.3. The van der Waals surface area contributed by atoms with Crippen LogP contribution >= 0.6 is 0 Å². The van der Waals surface area contributed by atoms with E-state index in [9.17, 15) is 8.78 Å². The van der Waals surface area contributed by atoms with Crippen LogP contribution in [0.5, 0.6) is 0 Å².